The summed E-state index contributed by atoms with van der Waals surface area (Å²) in [5.74, 6) is 2.27. The van der Waals surface area contributed by atoms with Crippen molar-refractivity contribution in [1.29, 1.82) is 0 Å². The van der Waals surface area contributed by atoms with Crippen molar-refractivity contribution in [3.63, 3.8) is 0 Å². The normalized spacial score (nSPS) is 17.9. The molecule has 1 unspecified atom stereocenters. The molecule has 2 aromatic rings. The number of anilines is 1. The average molecular weight is 303 g/mol. The summed E-state index contributed by atoms with van der Waals surface area (Å²) in [6.45, 7) is 2.26. The maximum Gasteiger partial charge on any atom is 0.227 e. The van der Waals surface area contributed by atoms with Crippen LogP contribution >= 0.6 is 0 Å². The lowest BCUT2D eigenvalue weighted by Gasteiger charge is -2.18. The second-order valence-electron chi connectivity index (χ2n) is 5.12. The molecule has 1 aliphatic heterocycles. The van der Waals surface area contributed by atoms with Crippen molar-refractivity contribution in [3.8, 4) is 11.5 Å². The Morgan fingerprint density at radius 1 is 1.27 bits per heavy atom. The third kappa shape index (κ3) is 2.49. The molecule has 0 radical (unpaired) electrons. The fourth-order valence-corrected chi connectivity index (χ4v) is 2.60. The van der Waals surface area contributed by atoms with E-state index in [0.29, 0.717) is 36.2 Å². The van der Waals surface area contributed by atoms with Gasteiger partial charge in [-0.25, -0.2) is 0 Å². The highest BCUT2D eigenvalue weighted by Gasteiger charge is 2.34. The van der Waals surface area contributed by atoms with Crippen molar-refractivity contribution >= 4 is 11.6 Å². The smallest absolute Gasteiger partial charge is 0.227 e. The van der Waals surface area contributed by atoms with E-state index in [0.717, 1.165) is 5.69 Å². The Hall–Kier alpha value is -2.57. The van der Waals surface area contributed by atoms with Crippen LogP contribution in [0.2, 0.25) is 0 Å². The van der Waals surface area contributed by atoms with Gasteiger partial charge in [-0.05, 0) is 12.1 Å². The number of nitrogens with zero attached hydrogens (tertiary/aromatic N) is 3. The predicted molar refractivity (Wildman–Crippen MR) is 78.3 cm³/mol. The van der Waals surface area contributed by atoms with Crippen LogP contribution in [0.15, 0.2) is 22.7 Å². The van der Waals surface area contributed by atoms with Gasteiger partial charge in [-0.2, -0.15) is 4.98 Å². The van der Waals surface area contributed by atoms with Gasteiger partial charge < -0.3 is 18.9 Å². The number of hydrogen-bond donors (Lipinski definition) is 0. The van der Waals surface area contributed by atoms with Gasteiger partial charge in [-0.3, -0.25) is 4.79 Å². The number of amides is 1. The first-order chi connectivity index (χ1) is 10.6. The third-order valence-corrected chi connectivity index (χ3v) is 3.71. The highest BCUT2D eigenvalue weighted by molar-refractivity contribution is 5.96. The summed E-state index contributed by atoms with van der Waals surface area (Å²) in [5.41, 5.74) is 0.769. The van der Waals surface area contributed by atoms with Crippen LogP contribution in [0.1, 0.15) is 24.1 Å². The highest BCUT2D eigenvalue weighted by Crippen LogP contribution is 2.35. The lowest BCUT2D eigenvalue weighted by Crippen LogP contribution is -2.24. The van der Waals surface area contributed by atoms with Crippen molar-refractivity contribution in [1.82, 2.24) is 10.1 Å². The van der Waals surface area contributed by atoms with E-state index < -0.39 is 0 Å². The quantitative estimate of drug-likeness (QED) is 0.858. The molecule has 1 fully saturated rings. The van der Waals surface area contributed by atoms with Gasteiger partial charge >= 0.3 is 0 Å². The first-order valence-electron chi connectivity index (χ1n) is 6.95. The molecule has 116 valence electrons. The van der Waals surface area contributed by atoms with E-state index >= 15 is 0 Å². The first-order valence-corrected chi connectivity index (χ1v) is 6.95. The molecule has 0 bridgehead atoms. The number of benzene rings is 1. The summed E-state index contributed by atoms with van der Waals surface area (Å²) in [5, 5.41) is 3.91. The van der Waals surface area contributed by atoms with Crippen molar-refractivity contribution in [2.45, 2.75) is 19.3 Å². The molecular weight excluding hydrogens is 286 g/mol. The summed E-state index contributed by atoms with van der Waals surface area (Å²) in [7, 11) is 3.14. The van der Waals surface area contributed by atoms with E-state index in [1.54, 1.807) is 38.2 Å². The van der Waals surface area contributed by atoms with Crippen molar-refractivity contribution in [2.75, 3.05) is 25.7 Å². The van der Waals surface area contributed by atoms with Crippen LogP contribution in [0.4, 0.5) is 5.69 Å². The van der Waals surface area contributed by atoms with E-state index in [1.807, 2.05) is 6.07 Å². The van der Waals surface area contributed by atoms with Crippen LogP contribution < -0.4 is 14.4 Å². The lowest BCUT2D eigenvalue weighted by molar-refractivity contribution is -0.117. The Morgan fingerprint density at radius 2 is 2.05 bits per heavy atom. The van der Waals surface area contributed by atoms with Crippen LogP contribution in [-0.4, -0.2) is 36.8 Å². The van der Waals surface area contributed by atoms with Crippen LogP contribution in [0, 0.1) is 6.92 Å². The molecule has 7 nitrogen and oxygen atoms in total. The number of rotatable bonds is 4. The second kappa shape index (κ2) is 5.67. The molecule has 0 N–H and O–H groups in total. The number of hydrogen-bond acceptors (Lipinski definition) is 6. The van der Waals surface area contributed by atoms with Crippen molar-refractivity contribution < 1.29 is 18.8 Å². The Morgan fingerprint density at radius 3 is 2.68 bits per heavy atom. The highest BCUT2D eigenvalue weighted by atomic mass is 16.5. The Kier molecular flexibility index (Phi) is 3.70. The fraction of sp³-hybridized carbons (Fsp3) is 0.400. The summed E-state index contributed by atoms with van der Waals surface area (Å²) >= 11 is 0. The molecule has 1 aliphatic rings. The standard InChI is InChI=1S/C15H17N3O4/c1-9-16-15(17-22-9)10-6-14(19)18(8-10)11-4-5-12(20-2)13(7-11)21-3/h4-5,7,10H,6,8H2,1-3H3. The predicted octanol–water partition coefficient (Wildman–Crippen LogP) is 1.92. The van der Waals surface area contributed by atoms with Gasteiger partial charge in [0.1, 0.15) is 0 Å². The fourth-order valence-electron chi connectivity index (χ4n) is 2.60. The Labute approximate surface area is 127 Å². The molecule has 1 atom stereocenters. The van der Waals surface area contributed by atoms with Crippen LogP contribution in [0.25, 0.3) is 0 Å². The van der Waals surface area contributed by atoms with E-state index in [9.17, 15) is 4.79 Å². The SMILES string of the molecule is COc1ccc(N2CC(c3noc(C)n3)CC2=O)cc1OC. The molecule has 2 heterocycles. The summed E-state index contributed by atoms with van der Waals surface area (Å²) in [6.07, 6.45) is 0.368. The summed E-state index contributed by atoms with van der Waals surface area (Å²) in [4.78, 5) is 18.2. The monoisotopic (exact) mass is 303 g/mol. The van der Waals surface area contributed by atoms with Crippen LogP contribution in [-0.2, 0) is 4.79 Å². The summed E-state index contributed by atoms with van der Waals surface area (Å²) < 4.78 is 15.5. The molecule has 1 amide bonds. The first kappa shape index (κ1) is 14.4. The van der Waals surface area contributed by atoms with Gasteiger partial charge in [0.2, 0.25) is 11.8 Å². The van der Waals surface area contributed by atoms with Gasteiger partial charge in [0.05, 0.1) is 14.2 Å². The van der Waals surface area contributed by atoms with Gasteiger partial charge in [0.25, 0.3) is 0 Å². The van der Waals surface area contributed by atoms with E-state index in [1.165, 1.54) is 0 Å². The summed E-state index contributed by atoms with van der Waals surface area (Å²) in [6, 6.07) is 5.41. The zero-order valence-corrected chi connectivity index (χ0v) is 12.7. The van der Waals surface area contributed by atoms with E-state index in [2.05, 4.69) is 10.1 Å². The maximum atomic E-state index is 12.3. The molecule has 1 aromatic carbocycles. The minimum Gasteiger partial charge on any atom is -0.493 e. The largest absolute Gasteiger partial charge is 0.493 e. The number of carbonyl (C=O) groups is 1. The Bertz CT molecular complexity index is 698. The van der Waals surface area contributed by atoms with E-state index in [-0.39, 0.29) is 11.8 Å². The molecular formula is C15H17N3O4. The topological polar surface area (TPSA) is 77.7 Å². The number of aromatic nitrogens is 2. The minimum atomic E-state index is -0.0574. The zero-order chi connectivity index (χ0) is 15.7. The molecule has 0 aliphatic carbocycles. The maximum absolute atomic E-state index is 12.3. The second-order valence-corrected chi connectivity index (χ2v) is 5.12. The van der Waals surface area contributed by atoms with Gasteiger partial charge in [0.15, 0.2) is 17.3 Å². The van der Waals surface area contributed by atoms with Gasteiger partial charge in [-0.15, -0.1) is 0 Å². The van der Waals surface area contributed by atoms with Gasteiger partial charge in [-0.1, -0.05) is 5.16 Å². The van der Waals surface area contributed by atoms with Crippen molar-refractivity contribution in [2.24, 2.45) is 0 Å². The van der Waals surface area contributed by atoms with Crippen LogP contribution in [0.5, 0.6) is 11.5 Å². The molecule has 22 heavy (non-hydrogen) atoms. The van der Waals surface area contributed by atoms with Crippen molar-refractivity contribution in [3.05, 3.63) is 29.9 Å². The molecule has 0 saturated carbocycles. The number of ether oxygens (including phenoxy) is 2. The number of carbonyl (C=O) groups excluding carboxylic acids is 1. The molecule has 1 aromatic heterocycles. The minimum absolute atomic E-state index is 0.0275. The van der Waals surface area contributed by atoms with Crippen LogP contribution in [0.3, 0.4) is 0 Å². The molecule has 3 rings (SSSR count). The van der Waals surface area contributed by atoms with E-state index in [4.69, 9.17) is 14.0 Å². The molecule has 0 spiro atoms. The lowest BCUT2D eigenvalue weighted by atomic mass is 10.1. The molecule has 1 saturated heterocycles. The molecule has 7 heteroatoms. The number of methoxy groups -OCH3 is 2. The zero-order valence-electron chi connectivity index (χ0n) is 12.7. The average Bonchev–Trinajstić information content (AvgIpc) is 3.12. The van der Waals surface area contributed by atoms with Gasteiger partial charge in [0, 0.05) is 37.6 Å². The number of aryl methyl sites for hydroxylation is 1. The third-order valence-electron chi connectivity index (χ3n) is 3.71. The Balaban J connectivity index is 1.85.